The Kier molecular flexibility index (Phi) is 12.4. The predicted octanol–water partition coefficient (Wildman–Crippen LogP) is 2.04. The zero-order valence-electron chi connectivity index (χ0n) is 21.9. The molecule has 0 spiro atoms. The predicted molar refractivity (Wildman–Crippen MR) is 142 cm³/mol. The van der Waals surface area contributed by atoms with Crippen molar-refractivity contribution in [3.63, 3.8) is 0 Å². The van der Waals surface area contributed by atoms with Crippen LogP contribution in [0.1, 0.15) is 50.4 Å². The van der Waals surface area contributed by atoms with Gasteiger partial charge in [-0.2, -0.15) is 0 Å². The molecular formula is C27H35N5O6. The number of rotatable bonds is 14. The van der Waals surface area contributed by atoms with Crippen molar-refractivity contribution in [2.75, 3.05) is 18.5 Å². The van der Waals surface area contributed by atoms with Crippen LogP contribution in [0.4, 0.5) is 5.69 Å². The third kappa shape index (κ3) is 10.4. The average molecular weight is 526 g/mol. The number of ether oxygens (including phenoxy) is 1. The Morgan fingerprint density at radius 2 is 1.92 bits per heavy atom. The molecule has 38 heavy (non-hydrogen) atoms. The number of hydrogen-bond donors (Lipinski definition) is 3. The second-order valence-corrected chi connectivity index (χ2v) is 8.88. The van der Waals surface area contributed by atoms with Gasteiger partial charge in [0.15, 0.2) is 0 Å². The summed E-state index contributed by atoms with van der Waals surface area (Å²) in [6, 6.07) is 5.09. The van der Waals surface area contributed by atoms with Crippen LogP contribution in [0.3, 0.4) is 0 Å². The highest BCUT2D eigenvalue weighted by atomic mass is 16.5. The summed E-state index contributed by atoms with van der Waals surface area (Å²) in [6.45, 7) is 6.34. The number of carbonyl (C=O) groups is 4. The Balaban J connectivity index is 2.12. The first-order chi connectivity index (χ1) is 18.2. The fourth-order valence-electron chi connectivity index (χ4n) is 3.33. The summed E-state index contributed by atoms with van der Waals surface area (Å²) in [6.07, 6.45) is 8.39. The third-order valence-electron chi connectivity index (χ3n) is 5.34. The van der Waals surface area contributed by atoms with E-state index in [1.54, 1.807) is 31.2 Å². The molecule has 0 radical (unpaired) electrons. The zero-order valence-corrected chi connectivity index (χ0v) is 21.9. The molecule has 11 nitrogen and oxygen atoms in total. The van der Waals surface area contributed by atoms with Crippen LogP contribution in [-0.2, 0) is 25.7 Å². The van der Waals surface area contributed by atoms with E-state index in [-0.39, 0.29) is 43.2 Å². The second kappa shape index (κ2) is 15.7. The molecule has 1 unspecified atom stereocenters. The maximum atomic E-state index is 13.1. The number of pyridine rings is 2. The quantitative estimate of drug-likeness (QED) is 0.252. The van der Waals surface area contributed by atoms with Crippen LogP contribution in [0, 0.1) is 5.92 Å². The molecular weight excluding hydrogens is 490 g/mol. The van der Waals surface area contributed by atoms with Gasteiger partial charge in [-0.15, -0.1) is 0 Å². The van der Waals surface area contributed by atoms with Gasteiger partial charge >= 0.3 is 5.97 Å². The number of nitrogens with one attached hydrogen (secondary N) is 3. The lowest BCUT2D eigenvalue weighted by molar-refractivity contribution is -0.137. The highest BCUT2D eigenvalue weighted by molar-refractivity contribution is 6.01. The van der Waals surface area contributed by atoms with Gasteiger partial charge in [-0.25, -0.2) is 4.79 Å². The molecule has 0 saturated carbocycles. The van der Waals surface area contributed by atoms with Crippen LogP contribution in [0.15, 0.2) is 59.8 Å². The molecule has 0 fully saturated rings. The van der Waals surface area contributed by atoms with Crippen molar-refractivity contribution in [1.29, 1.82) is 0 Å². The van der Waals surface area contributed by atoms with Gasteiger partial charge in [-0.05, 0) is 56.4 Å². The zero-order chi connectivity index (χ0) is 27.9. The van der Waals surface area contributed by atoms with E-state index in [4.69, 9.17) is 4.74 Å². The number of amides is 3. The second-order valence-electron chi connectivity index (χ2n) is 8.88. The minimum absolute atomic E-state index is 0.0322. The van der Waals surface area contributed by atoms with E-state index in [0.29, 0.717) is 12.5 Å². The largest absolute Gasteiger partial charge is 0.463 e. The molecule has 0 aliphatic carbocycles. The summed E-state index contributed by atoms with van der Waals surface area (Å²) in [5.74, 6) is -1.53. The Labute approximate surface area is 221 Å². The minimum atomic E-state index is -1.03. The van der Waals surface area contributed by atoms with Gasteiger partial charge in [0, 0.05) is 31.2 Å². The van der Waals surface area contributed by atoms with Gasteiger partial charge in [0.1, 0.15) is 18.3 Å². The molecule has 0 saturated heterocycles. The van der Waals surface area contributed by atoms with Crippen molar-refractivity contribution >= 4 is 29.4 Å². The first-order valence-electron chi connectivity index (χ1n) is 12.5. The molecule has 0 aliphatic rings. The Hall–Kier alpha value is -4.28. The Morgan fingerprint density at radius 1 is 1.13 bits per heavy atom. The normalized spacial score (nSPS) is 11.7. The summed E-state index contributed by atoms with van der Waals surface area (Å²) in [4.78, 5) is 66.4. The molecule has 204 valence electrons. The number of esters is 1. The number of aromatic nitrogens is 2. The van der Waals surface area contributed by atoms with Crippen LogP contribution < -0.4 is 21.5 Å². The number of anilines is 1. The summed E-state index contributed by atoms with van der Waals surface area (Å²) in [7, 11) is 0. The van der Waals surface area contributed by atoms with Crippen LogP contribution in [-0.4, -0.2) is 52.4 Å². The highest BCUT2D eigenvalue weighted by Crippen LogP contribution is 2.07. The third-order valence-corrected chi connectivity index (χ3v) is 5.34. The molecule has 2 aromatic heterocycles. The molecule has 3 amide bonds. The number of allylic oxidation sites excluding steroid dienone is 1. The highest BCUT2D eigenvalue weighted by Gasteiger charge is 2.22. The lowest BCUT2D eigenvalue weighted by Crippen LogP contribution is -2.44. The number of carbonyl (C=O) groups excluding carboxylic acids is 4. The summed E-state index contributed by atoms with van der Waals surface area (Å²) >= 11 is 0. The van der Waals surface area contributed by atoms with Crippen molar-refractivity contribution in [2.45, 2.75) is 52.6 Å². The smallest absolute Gasteiger partial charge is 0.330 e. The standard InChI is InChI=1S/C27H35N5O6/c1-4-38-24(34)12-6-5-10-21(30-25(35)20-9-7-14-28-17-20)26(36)31-22-11-8-16-32(27(22)37)18-23(33)29-15-13-19(2)3/h6-9,11-12,14,16-17,19,21H,4-5,10,13,15,18H2,1-3H3,(H,29,33)(H,30,35)(H,31,36). The van der Waals surface area contributed by atoms with Crippen molar-refractivity contribution in [1.82, 2.24) is 20.2 Å². The fraction of sp³-hybridized carbons (Fsp3) is 0.407. The van der Waals surface area contributed by atoms with E-state index in [1.165, 1.54) is 35.3 Å². The summed E-state index contributed by atoms with van der Waals surface area (Å²) in [5, 5.41) is 7.98. The van der Waals surface area contributed by atoms with E-state index >= 15 is 0 Å². The maximum Gasteiger partial charge on any atom is 0.330 e. The minimum Gasteiger partial charge on any atom is -0.463 e. The molecule has 1 atom stereocenters. The van der Waals surface area contributed by atoms with Gasteiger partial charge in [-0.3, -0.25) is 24.2 Å². The molecule has 11 heteroatoms. The van der Waals surface area contributed by atoms with E-state index in [1.807, 2.05) is 13.8 Å². The number of nitrogens with zero attached hydrogens (tertiary/aromatic N) is 2. The Bertz CT molecular complexity index is 1180. The first kappa shape index (κ1) is 29.9. The van der Waals surface area contributed by atoms with Gasteiger partial charge in [0.2, 0.25) is 11.8 Å². The molecule has 2 heterocycles. The molecule has 0 bridgehead atoms. The average Bonchev–Trinajstić information content (AvgIpc) is 2.88. The van der Waals surface area contributed by atoms with Gasteiger partial charge in [0.25, 0.3) is 11.5 Å². The van der Waals surface area contributed by atoms with Crippen molar-refractivity contribution in [3.8, 4) is 0 Å². The summed E-state index contributed by atoms with van der Waals surface area (Å²) < 4.78 is 6.03. The SMILES string of the molecule is CCOC(=O)C=CCCC(NC(=O)c1cccnc1)C(=O)Nc1cccn(CC(=O)NCCC(C)C)c1=O. The maximum absolute atomic E-state index is 13.1. The van der Waals surface area contributed by atoms with Gasteiger partial charge in [0.05, 0.1) is 12.2 Å². The molecule has 0 aliphatic heterocycles. The van der Waals surface area contributed by atoms with Crippen molar-refractivity contribution in [2.24, 2.45) is 5.92 Å². The monoisotopic (exact) mass is 525 g/mol. The molecule has 2 aromatic rings. The molecule has 3 N–H and O–H groups in total. The first-order valence-corrected chi connectivity index (χ1v) is 12.5. The summed E-state index contributed by atoms with van der Waals surface area (Å²) in [5.41, 5.74) is -0.326. The van der Waals surface area contributed by atoms with E-state index < -0.39 is 29.4 Å². The lowest BCUT2D eigenvalue weighted by Gasteiger charge is -2.18. The van der Waals surface area contributed by atoms with E-state index in [9.17, 15) is 24.0 Å². The van der Waals surface area contributed by atoms with Gasteiger partial charge < -0.3 is 25.3 Å². The van der Waals surface area contributed by atoms with Crippen LogP contribution in [0.25, 0.3) is 0 Å². The van der Waals surface area contributed by atoms with Crippen LogP contribution in [0.5, 0.6) is 0 Å². The van der Waals surface area contributed by atoms with Crippen molar-refractivity contribution < 1.29 is 23.9 Å². The Morgan fingerprint density at radius 3 is 2.61 bits per heavy atom. The molecule has 0 aromatic carbocycles. The molecule has 2 rings (SSSR count). The van der Waals surface area contributed by atoms with Crippen LogP contribution >= 0.6 is 0 Å². The lowest BCUT2D eigenvalue weighted by atomic mass is 10.1. The topological polar surface area (TPSA) is 148 Å². The van der Waals surface area contributed by atoms with Gasteiger partial charge in [-0.1, -0.05) is 19.9 Å². The van der Waals surface area contributed by atoms with Crippen LogP contribution in [0.2, 0.25) is 0 Å². The fourth-order valence-corrected chi connectivity index (χ4v) is 3.33. The van der Waals surface area contributed by atoms with E-state index in [2.05, 4.69) is 20.9 Å². The van der Waals surface area contributed by atoms with Crippen molar-refractivity contribution in [3.05, 3.63) is 70.9 Å². The number of hydrogen-bond acceptors (Lipinski definition) is 7. The van der Waals surface area contributed by atoms with E-state index in [0.717, 1.165) is 6.42 Å².